The fraction of sp³-hybridized carbons (Fsp3) is 0.125. The van der Waals surface area contributed by atoms with Crippen molar-refractivity contribution in [2.45, 2.75) is 6.92 Å². The Morgan fingerprint density at radius 2 is 1.91 bits per heavy atom. The predicted molar refractivity (Wildman–Crippen MR) is 94.4 cm³/mol. The molecule has 112 valence electrons. The van der Waals surface area contributed by atoms with Crippen LogP contribution in [0.4, 0.5) is 5.88 Å². The summed E-state index contributed by atoms with van der Waals surface area (Å²) in [6, 6.07) is 13.1. The zero-order valence-electron chi connectivity index (χ0n) is 12.2. The smallest absolute Gasteiger partial charge is 0.280 e. The van der Waals surface area contributed by atoms with Crippen LogP contribution in [0.25, 0.3) is 5.69 Å². The Labute approximate surface area is 141 Å². The number of para-hydroxylation sites is 1. The van der Waals surface area contributed by atoms with Gasteiger partial charge in [-0.3, -0.25) is 9.48 Å². The van der Waals surface area contributed by atoms with Gasteiger partial charge in [-0.15, -0.1) is 0 Å². The van der Waals surface area contributed by atoms with E-state index in [0.29, 0.717) is 11.4 Å². The van der Waals surface area contributed by atoms with E-state index in [4.69, 9.17) is 4.42 Å². The molecule has 0 saturated heterocycles. The number of rotatable bonds is 3. The van der Waals surface area contributed by atoms with Gasteiger partial charge in [-0.25, -0.2) is 9.67 Å². The number of hydrogen-bond acceptors (Lipinski definition) is 3. The van der Waals surface area contributed by atoms with E-state index in [1.165, 1.54) is 0 Å². The van der Waals surface area contributed by atoms with Crippen molar-refractivity contribution in [3.63, 3.8) is 0 Å². The Morgan fingerprint density at radius 3 is 2.55 bits per heavy atom. The summed E-state index contributed by atoms with van der Waals surface area (Å²) in [7, 11) is 1.86. The summed E-state index contributed by atoms with van der Waals surface area (Å²) in [6.45, 7) is 1.90. The largest absolute Gasteiger partial charge is 0.433 e. The Hall–Kier alpha value is -2.09. The molecule has 0 fully saturated rings. The highest BCUT2D eigenvalue weighted by atomic mass is 127. The van der Waals surface area contributed by atoms with E-state index in [1.807, 2.05) is 55.1 Å². The first-order valence-corrected chi connectivity index (χ1v) is 7.79. The molecule has 0 N–H and O–H groups in total. The van der Waals surface area contributed by atoms with E-state index in [0.717, 1.165) is 15.1 Å². The van der Waals surface area contributed by atoms with Crippen molar-refractivity contribution in [3.05, 3.63) is 67.8 Å². The monoisotopic (exact) mass is 407 g/mol. The molecular formula is C16H14IN3O2. The van der Waals surface area contributed by atoms with Gasteiger partial charge in [-0.2, -0.15) is 0 Å². The van der Waals surface area contributed by atoms with E-state index in [2.05, 4.69) is 27.6 Å². The van der Waals surface area contributed by atoms with Gasteiger partial charge in [0.1, 0.15) is 0 Å². The molecule has 3 rings (SSSR count). The topological polar surface area (TPSA) is 52.4 Å². The summed E-state index contributed by atoms with van der Waals surface area (Å²) in [4.78, 5) is 16.9. The number of hydrogen-bond donors (Lipinski definition) is 0. The van der Waals surface area contributed by atoms with Crippen molar-refractivity contribution < 1.29 is 4.42 Å². The van der Waals surface area contributed by atoms with Crippen LogP contribution in [0.15, 0.2) is 56.7 Å². The molecule has 0 bridgehead atoms. The number of furan rings is 1. The van der Waals surface area contributed by atoms with Crippen molar-refractivity contribution in [1.82, 2.24) is 9.36 Å². The average Bonchev–Trinajstić information content (AvgIpc) is 3.02. The molecule has 22 heavy (non-hydrogen) atoms. The standard InChI is InChI=1S/C16H14IN3O2/c1-11-13(10-18-15-9-8-14(17)22-15)16(21)20(19(11)2)12-6-4-3-5-7-12/h3-10H,1-2H3. The molecule has 0 aliphatic carbocycles. The van der Waals surface area contributed by atoms with E-state index < -0.39 is 0 Å². The second-order valence-corrected chi connectivity index (χ2v) is 5.87. The first-order chi connectivity index (χ1) is 10.6. The molecule has 0 spiro atoms. The Kier molecular flexibility index (Phi) is 4.02. The summed E-state index contributed by atoms with van der Waals surface area (Å²) < 4.78 is 9.59. The van der Waals surface area contributed by atoms with Crippen LogP contribution >= 0.6 is 22.6 Å². The minimum atomic E-state index is -0.101. The zero-order valence-corrected chi connectivity index (χ0v) is 14.3. The molecule has 0 saturated carbocycles. The molecule has 6 heteroatoms. The SMILES string of the molecule is Cc1c(C=Nc2ccc(I)o2)c(=O)n(-c2ccccc2)n1C. The van der Waals surface area contributed by atoms with E-state index in [-0.39, 0.29) is 5.56 Å². The van der Waals surface area contributed by atoms with Crippen molar-refractivity contribution in [2.24, 2.45) is 12.0 Å². The number of nitrogens with zero attached hydrogens (tertiary/aromatic N) is 3. The quantitative estimate of drug-likeness (QED) is 0.494. The summed E-state index contributed by atoms with van der Waals surface area (Å²) in [5.41, 5.74) is 2.12. The molecule has 0 amide bonds. The van der Waals surface area contributed by atoms with Crippen molar-refractivity contribution in [2.75, 3.05) is 0 Å². The van der Waals surface area contributed by atoms with Gasteiger partial charge in [0.2, 0.25) is 5.88 Å². The minimum Gasteiger partial charge on any atom is -0.433 e. The lowest BCUT2D eigenvalue weighted by Gasteiger charge is -2.07. The molecule has 0 aliphatic rings. The molecule has 2 heterocycles. The van der Waals surface area contributed by atoms with Gasteiger partial charge in [0.15, 0.2) is 3.77 Å². The van der Waals surface area contributed by atoms with Gasteiger partial charge in [0, 0.05) is 25.0 Å². The normalized spacial score (nSPS) is 11.4. The number of halogens is 1. The lowest BCUT2D eigenvalue weighted by Crippen LogP contribution is -2.20. The molecule has 0 radical (unpaired) electrons. The lowest BCUT2D eigenvalue weighted by molar-refractivity contribution is 0.549. The molecule has 0 atom stereocenters. The van der Waals surface area contributed by atoms with Crippen LogP contribution in [-0.2, 0) is 7.05 Å². The van der Waals surface area contributed by atoms with Crippen LogP contribution in [0.2, 0.25) is 0 Å². The van der Waals surface area contributed by atoms with Gasteiger partial charge in [-0.1, -0.05) is 18.2 Å². The van der Waals surface area contributed by atoms with E-state index in [1.54, 1.807) is 17.0 Å². The third-order valence-electron chi connectivity index (χ3n) is 3.48. The molecular weight excluding hydrogens is 393 g/mol. The zero-order chi connectivity index (χ0) is 15.7. The average molecular weight is 407 g/mol. The number of aromatic nitrogens is 2. The maximum absolute atomic E-state index is 12.7. The number of aliphatic imine (C=N–C) groups is 1. The van der Waals surface area contributed by atoms with Gasteiger partial charge >= 0.3 is 0 Å². The summed E-state index contributed by atoms with van der Waals surface area (Å²) in [5, 5.41) is 0. The minimum absolute atomic E-state index is 0.101. The van der Waals surface area contributed by atoms with Crippen molar-refractivity contribution in [1.29, 1.82) is 0 Å². The van der Waals surface area contributed by atoms with Crippen LogP contribution in [0, 0.1) is 10.7 Å². The highest BCUT2D eigenvalue weighted by Crippen LogP contribution is 2.18. The number of benzene rings is 1. The predicted octanol–water partition coefficient (Wildman–Crippen LogP) is 3.43. The first-order valence-electron chi connectivity index (χ1n) is 6.71. The van der Waals surface area contributed by atoms with Gasteiger partial charge in [-0.05, 0) is 47.7 Å². The highest BCUT2D eigenvalue weighted by molar-refractivity contribution is 14.1. The molecule has 1 aromatic carbocycles. The Bertz CT molecular complexity index is 888. The van der Waals surface area contributed by atoms with E-state index >= 15 is 0 Å². The lowest BCUT2D eigenvalue weighted by atomic mass is 10.3. The van der Waals surface area contributed by atoms with Gasteiger partial charge < -0.3 is 4.42 Å². The summed E-state index contributed by atoms with van der Waals surface area (Å²) in [5.74, 6) is 0.485. The second-order valence-electron chi connectivity index (χ2n) is 4.81. The van der Waals surface area contributed by atoms with Gasteiger partial charge in [0.25, 0.3) is 5.56 Å². The van der Waals surface area contributed by atoms with E-state index in [9.17, 15) is 4.79 Å². The molecule has 0 unspecified atom stereocenters. The third kappa shape index (κ3) is 2.66. The summed E-state index contributed by atoms with van der Waals surface area (Å²) in [6.07, 6.45) is 1.56. The molecule has 0 aliphatic heterocycles. The van der Waals surface area contributed by atoms with Crippen LogP contribution in [0.5, 0.6) is 0 Å². The van der Waals surface area contributed by atoms with Crippen LogP contribution < -0.4 is 5.56 Å². The maximum atomic E-state index is 12.7. The maximum Gasteiger partial charge on any atom is 0.280 e. The van der Waals surface area contributed by atoms with Crippen molar-refractivity contribution >= 4 is 34.7 Å². The molecule has 5 nitrogen and oxygen atoms in total. The van der Waals surface area contributed by atoms with Gasteiger partial charge in [0.05, 0.1) is 11.3 Å². The van der Waals surface area contributed by atoms with Crippen molar-refractivity contribution in [3.8, 4) is 5.69 Å². The second kappa shape index (κ2) is 5.96. The fourth-order valence-corrected chi connectivity index (χ4v) is 2.65. The third-order valence-corrected chi connectivity index (χ3v) is 4.06. The Balaban J connectivity index is 2.07. The summed E-state index contributed by atoms with van der Waals surface area (Å²) >= 11 is 2.08. The molecule has 2 aromatic heterocycles. The highest BCUT2D eigenvalue weighted by Gasteiger charge is 2.14. The Morgan fingerprint density at radius 1 is 1.18 bits per heavy atom. The first kappa shape index (κ1) is 14.8. The van der Waals surface area contributed by atoms with Crippen LogP contribution in [0.3, 0.4) is 0 Å². The van der Waals surface area contributed by atoms with Crippen LogP contribution in [0.1, 0.15) is 11.3 Å². The fourth-order valence-electron chi connectivity index (χ4n) is 2.24. The molecule has 3 aromatic rings. The van der Waals surface area contributed by atoms with Crippen LogP contribution in [-0.4, -0.2) is 15.6 Å².